The van der Waals surface area contributed by atoms with Gasteiger partial charge in [-0.1, -0.05) is 6.07 Å². The van der Waals surface area contributed by atoms with E-state index in [4.69, 9.17) is 13.9 Å². The van der Waals surface area contributed by atoms with Gasteiger partial charge in [-0.3, -0.25) is 15.1 Å². The van der Waals surface area contributed by atoms with Crippen molar-refractivity contribution in [2.45, 2.75) is 13.8 Å². The van der Waals surface area contributed by atoms with Gasteiger partial charge in [0.2, 0.25) is 12.7 Å². The number of nitro groups is 1. The lowest BCUT2D eigenvalue weighted by molar-refractivity contribution is -0.385. The number of aromatic nitrogens is 1. The third-order valence-corrected chi connectivity index (χ3v) is 5.20. The molecule has 0 saturated heterocycles. The summed E-state index contributed by atoms with van der Waals surface area (Å²) in [6, 6.07) is 14.3. The number of ether oxygens (including phenoxy) is 2. The topological polar surface area (TPSA) is 100.0 Å². The Balaban J connectivity index is 1.48. The second-order valence-corrected chi connectivity index (χ2v) is 7.25. The van der Waals surface area contributed by atoms with Crippen LogP contribution in [0.25, 0.3) is 22.6 Å². The lowest BCUT2D eigenvalue weighted by Gasteiger charge is -2.01. The molecular formula is C23H17N3O5. The van der Waals surface area contributed by atoms with Crippen LogP contribution in [0.2, 0.25) is 0 Å². The van der Waals surface area contributed by atoms with Crippen molar-refractivity contribution in [3.8, 4) is 23.0 Å². The molecule has 154 valence electrons. The van der Waals surface area contributed by atoms with Crippen LogP contribution in [0.3, 0.4) is 0 Å². The lowest BCUT2D eigenvalue weighted by Crippen LogP contribution is -1.94. The molecule has 3 aromatic carbocycles. The standard InChI is InChI=1S/C23H17N3O5/c1-13-3-4-15(7-14(13)2)23-25-18-9-17(5-6-20(18)31-23)24-11-16-8-21-22(30-12-29-21)10-19(16)26(27)28/h3-11H,12H2,1-2H3. The minimum Gasteiger partial charge on any atom is -0.454 e. The van der Waals surface area contributed by atoms with Crippen LogP contribution in [-0.2, 0) is 0 Å². The number of fused-ring (bicyclic) bond motifs is 2. The summed E-state index contributed by atoms with van der Waals surface area (Å²) in [4.78, 5) is 19.9. The first-order valence-electron chi connectivity index (χ1n) is 9.58. The van der Waals surface area contributed by atoms with Gasteiger partial charge < -0.3 is 13.9 Å². The molecule has 1 aromatic heterocycles. The largest absolute Gasteiger partial charge is 0.454 e. The Morgan fingerprint density at radius 1 is 1.03 bits per heavy atom. The van der Waals surface area contributed by atoms with Gasteiger partial charge in [0.15, 0.2) is 17.1 Å². The predicted octanol–water partition coefficient (Wildman–Crippen LogP) is 5.50. The van der Waals surface area contributed by atoms with Gasteiger partial charge in [0, 0.05) is 11.8 Å². The Labute approximate surface area is 176 Å². The maximum atomic E-state index is 11.4. The van der Waals surface area contributed by atoms with E-state index in [-0.39, 0.29) is 12.5 Å². The monoisotopic (exact) mass is 415 g/mol. The number of aliphatic imine (C=N–C) groups is 1. The summed E-state index contributed by atoms with van der Waals surface area (Å²) in [6.45, 7) is 4.14. The average Bonchev–Trinajstić information content (AvgIpc) is 3.39. The number of rotatable bonds is 4. The summed E-state index contributed by atoms with van der Waals surface area (Å²) < 4.78 is 16.4. The minimum absolute atomic E-state index is 0.0404. The molecule has 0 saturated carbocycles. The minimum atomic E-state index is -0.472. The van der Waals surface area contributed by atoms with Gasteiger partial charge in [-0.15, -0.1) is 0 Å². The summed E-state index contributed by atoms with van der Waals surface area (Å²) in [5.41, 5.74) is 5.38. The van der Waals surface area contributed by atoms with Crippen LogP contribution in [0, 0.1) is 24.0 Å². The van der Waals surface area contributed by atoms with E-state index in [1.54, 1.807) is 24.3 Å². The van der Waals surface area contributed by atoms with Crippen molar-refractivity contribution in [1.29, 1.82) is 0 Å². The van der Waals surface area contributed by atoms with E-state index in [2.05, 4.69) is 16.9 Å². The molecule has 5 rings (SSSR count). The van der Waals surface area contributed by atoms with Crippen LogP contribution in [-0.4, -0.2) is 22.9 Å². The molecule has 0 unspecified atom stereocenters. The Bertz CT molecular complexity index is 1370. The molecule has 31 heavy (non-hydrogen) atoms. The zero-order valence-corrected chi connectivity index (χ0v) is 16.8. The molecular weight excluding hydrogens is 398 g/mol. The third kappa shape index (κ3) is 3.48. The molecule has 0 bridgehead atoms. The van der Waals surface area contributed by atoms with Gasteiger partial charge in [0.1, 0.15) is 5.52 Å². The van der Waals surface area contributed by atoms with Crippen LogP contribution in [0.5, 0.6) is 11.5 Å². The number of nitrogens with zero attached hydrogens (tertiary/aromatic N) is 3. The van der Waals surface area contributed by atoms with E-state index in [1.165, 1.54) is 17.8 Å². The number of hydrogen-bond donors (Lipinski definition) is 0. The summed E-state index contributed by atoms with van der Waals surface area (Å²) in [7, 11) is 0. The van der Waals surface area contributed by atoms with Gasteiger partial charge in [-0.05, 0) is 61.4 Å². The molecule has 4 aromatic rings. The number of benzene rings is 3. The van der Waals surface area contributed by atoms with Crippen LogP contribution in [0.15, 0.2) is 57.9 Å². The molecule has 0 radical (unpaired) electrons. The highest BCUT2D eigenvalue weighted by Gasteiger charge is 2.22. The molecule has 0 amide bonds. The Kier molecular flexibility index (Phi) is 4.39. The van der Waals surface area contributed by atoms with Crippen molar-refractivity contribution < 1.29 is 18.8 Å². The van der Waals surface area contributed by atoms with Crippen molar-refractivity contribution >= 4 is 28.7 Å². The van der Waals surface area contributed by atoms with E-state index < -0.39 is 4.92 Å². The van der Waals surface area contributed by atoms with E-state index in [1.807, 2.05) is 25.1 Å². The number of nitro benzene ring substituents is 1. The fourth-order valence-electron chi connectivity index (χ4n) is 3.35. The number of hydrogen-bond acceptors (Lipinski definition) is 7. The molecule has 0 aliphatic carbocycles. The van der Waals surface area contributed by atoms with Gasteiger partial charge in [0.25, 0.3) is 5.69 Å². The quantitative estimate of drug-likeness (QED) is 0.248. The summed E-state index contributed by atoms with van der Waals surface area (Å²) >= 11 is 0. The van der Waals surface area contributed by atoms with Gasteiger partial charge >= 0.3 is 0 Å². The summed E-state index contributed by atoms with van der Waals surface area (Å²) in [5, 5.41) is 11.4. The van der Waals surface area contributed by atoms with Crippen molar-refractivity contribution in [2.75, 3.05) is 6.79 Å². The molecule has 8 heteroatoms. The fourth-order valence-corrected chi connectivity index (χ4v) is 3.35. The Morgan fingerprint density at radius 3 is 2.61 bits per heavy atom. The zero-order valence-electron chi connectivity index (χ0n) is 16.8. The van der Waals surface area contributed by atoms with E-state index in [9.17, 15) is 10.1 Å². The zero-order chi connectivity index (χ0) is 21.5. The first kappa shape index (κ1) is 18.8. The van der Waals surface area contributed by atoms with E-state index in [0.717, 1.165) is 11.1 Å². The molecule has 0 fully saturated rings. The lowest BCUT2D eigenvalue weighted by atomic mass is 10.1. The van der Waals surface area contributed by atoms with Gasteiger partial charge in [-0.25, -0.2) is 4.98 Å². The van der Waals surface area contributed by atoms with Crippen molar-refractivity contribution in [3.63, 3.8) is 0 Å². The van der Waals surface area contributed by atoms with Crippen LogP contribution >= 0.6 is 0 Å². The first-order chi connectivity index (χ1) is 15.0. The summed E-state index contributed by atoms with van der Waals surface area (Å²) in [5.74, 6) is 1.34. The van der Waals surface area contributed by atoms with Gasteiger partial charge in [-0.2, -0.15) is 0 Å². The first-order valence-corrected chi connectivity index (χ1v) is 9.58. The second kappa shape index (κ2) is 7.24. The van der Waals surface area contributed by atoms with E-state index >= 15 is 0 Å². The normalized spacial score (nSPS) is 12.7. The Morgan fingerprint density at radius 2 is 1.84 bits per heavy atom. The van der Waals surface area contributed by atoms with Crippen molar-refractivity contribution in [3.05, 3.63) is 75.3 Å². The van der Waals surface area contributed by atoms with Crippen LogP contribution in [0.1, 0.15) is 16.7 Å². The van der Waals surface area contributed by atoms with Crippen LogP contribution < -0.4 is 9.47 Å². The molecule has 2 heterocycles. The average molecular weight is 415 g/mol. The van der Waals surface area contributed by atoms with Gasteiger partial charge in [0.05, 0.1) is 22.2 Å². The predicted molar refractivity (Wildman–Crippen MR) is 115 cm³/mol. The SMILES string of the molecule is Cc1ccc(-c2nc3cc(N=Cc4cc5c(cc4[N+](=O)[O-])OCO5)ccc3o2)cc1C. The van der Waals surface area contributed by atoms with E-state index in [0.29, 0.717) is 39.7 Å². The highest BCUT2D eigenvalue weighted by Crippen LogP contribution is 2.37. The second-order valence-electron chi connectivity index (χ2n) is 7.25. The maximum Gasteiger partial charge on any atom is 0.282 e. The van der Waals surface area contributed by atoms with Crippen molar-refractivity contribution in [2.24, 2.45) is 4.99 Å². The molecule has 1 aliphatic heterocycles. The molecule has 0 spiro atoms. The maximum absolute atomic E-state index is 11.4. The Hall–Kier alpha value is -4.20. The molecule has 0 N–H and O–H groups in total. The molecule has 0 atom stereocenters. The number of oxazole rings is 1. The highest BCUT2D eigenvalue weighted by atomic mass is 16.7. The molecule has 8 nitrogen and oxygen atoms in total. The van der Waals surface area contributed by atoms with Crippen LogP contribution in [0.4, 0.5) is 11.4 Å². The summed E-state index contributed by atoms with van der Waals surface area (Å²) in [6.07, 6.45) is 1.44. The molecule has 1 aliphatic rings. The van der Waals surface area contributed by atoms with Crippen molar-refractivity contribution in [1.82, 2.24) is 4.98 Å². The number of aryl methyl sites for hydroxylation is 2. The fraction of sp³-hybridized carbons (Fsp3) is 0.130. The smallest absolute Gasteiger partial charge is 0.282 e. The highest BCUT2D eigenvalue weighted by molar-refractivity contribution is 5.89. The third-order valence-electron chi connectivity index (χ3n) is 5.20.